The number of aryl methyl sites for hydroxylation is 1. The topological polar surface area (TPSA) is 71.1 Å². The van der Waals surface area contributed by atoms with E-state index < -0.39 is 0 Å². The summed E-state index contributed by atoms with van der Waals surface area (Å²) in [6.45, 7) is 1.79. The van der Waals surface area contributed by atoms with Gasteiger partial charge in [0.1, 0.15) is 9.88 Å². The number of amides is 2. The van der Waals surface area contributed by atoms with E-state index in [2.05, 4.69) is 15.6 Å². The number of thiazole rings is 1. The van der Waals surface area contributed by atoms with Crippen molar-refractivity contribution < 1.29 is 9.59 Å². The third-order valence-electron chi connectivity index (χ3n) is 3.73. The Morgan fingerprint density at radius 3 is 2.50 bits per heavy atom. The van der Waals surface area contributed by atoms with Crippen molar-refractivity contribution >= 4 is 40.4 Å². The van der Waals surface area contributed by atoms with Crippen LogP contribution < -0.4 is 10.6 Å². The third-order valence-corrected chi connectivity index (χ3v) is 5.26. The maximum atomic E-state index is 12.7. The summed E-state index contributed by atoms with van der Waals surface area (Å²) in [6.07, 6.45) is 0. The van der Waals surface area contributed by atoms with E-state index in [-0.39, 0.29) is 11.8 Å². The average molecular weight is 386 g/mol. The first-order chi connectivity index (χ1) is 12.5. The van der Waals surface area contributed by atoms with Crippen LogP contribution >= 0.6 is 22.9 Å². The highest BCUT2D eigenvalue weighted by molar-refractivity contribution is 7.17. The van der Waals surface area contributed by atoms with Crippen molar-refractivity contribution in [2.45, 2.75) is 6.92 Å². The molecule has 0 aliphatic heterocycles. The highest BCUT2D eigenvalue weighted by Crippen LogP contribution is 2.29. The number of hydrogen-bond donors (Lipinski definition) is 2. The van der Waals surface area contributed by atoms with Gasteiger partial charge in [-0.2, -0.15) is 0 Å². The van der Waals surface area contributed by atoms with E-state index in [1.807, 2.05) is 30.3 Å². The molecular weight excluding hydrogens is 370 g/mol. The summed E-state index contributed by atoms with van der Waals surface area (Å²) in [7, 11) is 1.54. The van der Waals surface area contributed by atoms with Gasteiger partial charge in [0.25, 0.3) is 11.8 Å². The van der Waals surface area contributed by atoms with E-state index in [0.717, 1.165) is 10.6 Å². The fourth-order valence-corrected chi connectivity index (χ4v) is 3.53. The Hall–Kier alpha value is -2.70. The summed E-state index contributed by atoms with van der Waals surface area (Å²) >= 11 is 7.47. The molecule has 0 aliphatic carbocycles. The quantitative estimate of drug-likeness (QED) is 0.699. The summed E-state index contributed by atoms with van der Waals surface area (Å²) in [5.41, 5.74) is 2.40. The minimum Gasteiger partial charge on any atom is -0.355 e. The molecule has 2 amide bonds. The minimum atomic E-state index is -0.307. The van der Waals surface area contributed by atoms with Gasteiger partial charge in [0.05, 0.1) is 16.4 Å². The van der Waals surface area contributed by atoms with Gasteiger partial charge >= 0.3 is 0 Å². The van der Waals surface area contributed by atoms with Crippen LogP contribution in [0.2, 0.25) is 5.02 Å². The second-order valence-corrected chi connectivity index (χ2v) is 6.93. The summed E-state index contributed by atoms with van der Waals surface area (Å²) < 4.78 is 0. The van der Waals surface area contributed by atoms with Crippen LogP contribution in [-0.2, 0) is 0 Å². The van der Waals surface area contributed by atoms with E-state index in [4.69, 9.17) is 11.6 Å². The third kappa shape index (κ3) is 3.76. The van der Waals surface area contributed by atoms with Crippen LogP contribution in [0.4, 0.5) is 5.69 Å². The lowest BCUT2D eigenvalue weighted by Crippen LogP contribution is -2.18. The molecule has 0 bridgehead atoms. The zero-order chi connectivity index (χ0) is 18.7. The van der Waals surface area contributed by atoms with Crippen molar-refractivity contribution in [1.29, 1.82) is 0 Å². The molecule has 0 aliphatic rings. The fourth-order valence-electron chi connectivity index (χ4n) is 2.40. The first-order valence-electron chi connectivity index (χ1n) is 7.85. The lowest BCUT2D eigenvalue weighted by atomic mass is 10.2. The van der Waals surface area contributed by atoms with Crippen LogP contribution in [0.15, 0.2) is 48.5 Å². The molecular formula is C19H16ClN3O2S. The molecule has 132 valence electrons. The molecule has 0 saturated heterocycles. The number of nitrogens with zero attached hydrogens (tertiary/aromatic N) is 1. The largest absolute Gasteiger partial charge is 0.355 e. The number of anilines is 1. The second kappa shape index (κ2) is 7.68. The fraction of sp³-hybridized carbons (Fsp3) is 0.105. The molecule has 1 aromatic heterocycles. The van der Waals surface area contributed by atoms with Gasteiger partial charge in [-0.25, -0.2) is 4.98 Å². The Morgan fingerprint density at radius 1 is 1.08 bits per heavy atom. The van der Waals surface area contributed by atoms with Crippen molar-refractivity contribution in [2.75, 3.05) is 12.4 Å². The monoisotopic (exact) mass is 385 g/mol. The lowest BCUT2D eigenvalue weighted by Gasteiger charge is -2.08. The Balaban J connectivity index is 1.87. The molecule has 5 nitrogen and oxygen atoms in total. The van der Waals surface area contributed by atoms with Crippen molar-refractivity contribution in [2.24, 2.45) is 0 Å². The maximum Gasteiger partial charge on any atom is 0.267 e. The van der Waals surface area contributed by atoms with Gasteiger partial charge in [0, 0.05) is 18.2 Å². The molecule has 2 N–H and O–H groups in total. The number of aromatic nitrogens is 1. The number of rotatable bonds is 4. The molecule has 0 spiro atoms. The van der Waals surface area contributed by atoms with Crippen LogP contribution in [0.5, 0.6) is 0 Å². The van der Waals surface area contributed by atoms with Gasteiger partial charge in [-0.1, -0.05) is 41.9 Å². The van der Waals surface area contributed by atoms with Gasteiger partial charge in [-0.15, -0.1) is 11.3 Å². The first kappa shape index (κ1) is 18.1. The normalized spacial score (nSPS) is 10.4. The van der Waals surface area contributed by atoms with E-state index in [1.165, 1.54) is 11.3 Å². The molecule has 3 aromatic rings. The number of nitrogens with one attached hydrogen (secondary N) is 2. The molecule has 0 atom stereocenters. The Bertz CT molecular complexity index is 970. The molecule has 0 radical (unpaired) electrons. The van der Waals surface area contributed by atoms with Crippen molar-refractivity contribution in [3.05, 3.63) is 69.7 Å². The highest BCUT2D eigenvalue weighted by atomic mass is 35.5. The number of carbonyl (C=O) groups excluding carboxylic acids is 2. The van der Waals surface area contributed by atoms with E-state index in [1.54, 1.807) is 32.2 Å². The molecule has 3 rings (SSSR count). The van der Waals surface area contributed by atoms with Gasteiger partial charge < -0.3 is 10.6 Å². The van der Waals surface area contributed by atoms with Crippen molar-refractivity contribution in [3.8, 4) is 10.6 Å². The Morgan fingerprint density at radius 2 is 1.81 bits per heavy atom. The van der Waals surface area contributed by atoms with Crippen molar-refractivity contribution in [1.82, 2.24) is 10.3 Å². The van der Waals surface area contributed by atoms with Crippen LogP contribution in [0.25, 0.3) is 10.6 Å². The van der Waals surface area contributed by atoms with Crippen LogP contribution in [0.3, 0.4) is 0 Å². The molecule has 26 heavy (non-hydrogen) atoms. The highest BCUT2D eigenvalue weighted by Gasteiger charge is 2.18. The summed E-state index contributed by atoms with van der Waals surface area (Å²) in [6, 6.07) is 14.4. The van der Waals surface area contributed by atoms with Crippen LogP contribution in [-0.4, -0.2) is 23.8 Å². The average Bonchev–Trinajstić information content (AvgIpc) is 3.05. The van der Waals surface area contributed by atoms with Gasteiger partial charge in [-0.3, -0.25) is 9.59 Å². The summed E-state index contributed by atoms with van der Waals surface area (Å²) in [5, 5.41) is 6.45. The summed E-state index contributed by atoms with van der Waals surface area (Å²) in [5.74, 6) is -0.560. The predicted octanol–water partition coefficient (Wildman–Crippen LogP) is 4.38. The smallest absolute Gasteiger partial charge is 0.267 e. The van der Waals surface area contributed by atoms with E-state index in [9.17, 15) is 9.59 Å². The zero-order valence-electron chi connectivity index (χ0n) is 14.2. The maximum absolute atomic E-state index is 12.7. The molecule has 0 saturated carbocycles. The van der Waals surface area contributed by atoms with Gasteiger partial charge in [0.15, 0.2) is 0 Å². The number of halogens is 1. The SMILES string of the molecule is CNC(=O)c1ccc(Cl)c(NC(=O)c2sc(-c3ccccc3)nc2C)c1. The van der Waals surface area contributed by atoms with Gasteiger partial charge in [0.2, 0.25) is 0 Å². The standard InChI is InChI=1S/C19H16ClN3O2S/c1-11-16(26-19(22-11)12-6-4-3-5-7-12)18(25)23-15-10-13(17(24)21-2)8-9-14(15)20/h3-10H,1-2H3,(H,21,24)(H,23,25). The number of benzene rings is 2. The van der Waals surface area contributed by atoms with Crippen LogP contribution in [0, 0.1) is 6.92 Å². The predicted molar refractivity (Wildman–Crippen MR) is 105 cm³/mol. The Kier molecular flexibility index (Phi) is 5.35. The first-order valence-corrected chi connectivity index (χ1v) is 9.05. The van der Waals surface area contributed by atoms with Crippen LogP contribution in [0.1, 0.15) is 25.7 Å². The Labute approximate surface area is 160 Å². The zero-order valence-corrected chi connectivity index (χ0v) is 15.7. The van der Waals surface area contributed by atoms with Crippen molar-refractivity contribution in [3.63, 3.8) is 0 Å². The van der Waals surface area contributed by atoms with E-state index >= 15 is 0 Å². The minimum absolute atomic E-state index is 0.252. The number of carbonyl (C=O) groups is 2. The molecule has 7 heteroatoms. The molecule has 0 fully saturated rings. The lowest BCUT2D eigenvalue weighted by molar-refractivity contribution is 0.0961. The van der Waals surface area contributed by atoms with Gasteiger partial charge in [-0.05, 0) is 25.1 Å². The number of hydrogen-bond acceptors (Lipinski definition) is 4. The van der Waals surface area contributed by atoms with E-state index in [0.29, 0.717) is 26.8 Å². The second-order valence-electron chi connectivity index (χ2n) is 5.53. The molecule has 0 unspecified atom stereocenters. The summed E-state index contributed by atoms with van der Waals surface area (Å²) in [4.78, 5) is 29.4. The molecule has 1 heterocycles. The molecule has 2 aromatic carbocycles.